The van der Waals surface area contributed by atoms with Gasteiger partial charge in [0, 0.05) is 29.2 Å². The van der Waals surface area contributed by atoms with Gasteiger partial charge in [-0.25, -0.2) is 0 Å². The minimum absolute atomic E-state index is 0.0274. The fraction of sp³-hybridized carbons (Fsp3) is 0.118. The zero-order valence-corrected chi connectivity index (χ0v) is 17.6. The van der Waals surface area contributed by atoms with Crippen molar-refractivity contribution < 1.29 is 9.72 Å². The van der Waals surface area contributed by atoms with E-state index in [9.17, 15) is 14.9 Å². The van der Waals surface area contributed by atoms with E-state index in [2.05, 4.69) is 31.4 Å². The van der Waals surface area contributed by atoms with Crippen LogP contribution in [-0.4, -0.2) is 31.3 Å². The van der Waals surface area contributed by atoms with Gasteiger partial charge in [0.1, 0.15) is 0 Å². The third-order valence-electron chi connectivity index (χ3n) is 3.69. The number of rotatable bonds is 6. The van der Waals surface area contributed by atoms with Crippen LogP contribution in [0.5, 0.6) is 0 Å². The van der Waals surface area contributed by atoms with Gasteiger partial charge in [-0.2, -0.15) is 0 Å². The molecule has 28 heavy (non-hydrogen) atoms. The van der Waals surface area contributed by atoms with Gasteiger partial charge in [-0.3, -0.25) is 14.9 Å². The zero-order valence-electron chi connectivity index (χ0n) is 14.4. The van der Waals surface area contributed by atoms with Crippen molar-refractivity contribution >= 4 is 56.6 Å². The van der Waals surface area contributed by atoms with Crippen LogP contribution in [0.4, 0.5) is 11.4 Å². The number of nitro benzene ring substituents is 1. The first-order valence-corrected chi connectivity index (χ1v) is 10.0. The lowest BCUT2D eigenvalue weighted by Gasteiger charge is -2.07. The number of carbonyl (C=O) groups excluding carboxylic acids is 1. The highest BCUT2D eigenvalue weighted by Crippen LogP contribution is 2.27. The Morgan fingerprint density at radius 2 is 2.11 bits per heavy atom. The van der Waals surface area contributed by atoms with E-state index in [0.717, 1.165) is 4.47 Å². The molecule has 3 rings (SSSR count). The zero-order chi connectivity index (χ0) is 20.3. The Morgan fingerprint density at radius 3 is 2.82 bits per heavy atom. The summed E-state index contributed by atoms with van der Waals surface area (Å²) in [5.41, 5.74) is 1.06. The van der Waals surface area contributed by atoms with Gasteiger partial charge in [0.05, 0.1) is 21.4 Å². The molecule has 1 aromatic heterocycles. The van der Waals surface area contributed by atoms with Crippen molar-refractivity contribution in [2.45, 2.75) is 5.16 Å². The van der Waals surface area contributed by atoms with Crippen molar-refractivity contribution in [1.29, 1.82) is 0 Å². The number of aromatic nitrogens is 3. The molecule has 0 aliphatic heterocycles. The summed E-state index contributed by atoms with van der Waals surface area (Å²) in [5, 5.41) is 22.8. The quantitative estimate of drug-likeness (QED) is 0.314. The minimum atomic E-state index is -0.465. The van der Waals surface area contributed by atoms with E-state index in [4.69, 9.17) is 11.6 Å². The number of halogens is 2. The van der Waals surface area contributed by atoms with Crippen LogP contribution < -0.4 is 5.32 Å². The Hall–Kier alpha value is -2.43. The van der Waals surface area contributed by atoms with Crippen molar-refractivity contribution in [3.8, 4) is 11.4 Å². The standard InChI is InChI=1S/C17H13BrClN5O3S/c1-23-16(10-3-2-4-12(7-10)24(26)27)21-22-17(23)28-9-15(25)20-14-6-5-11(18)8-13(14)19/h2-8H,9H2,1H3,(H,20,25). The maximum atomic E-state index is 12.2. The number of hydrogen-bond donors (Lipinski definition) is 1. The van der Waals surface area contributed by atoms with Gasteiger partial charge in [0.25, 0.3) is 5.69 Å². The van der Waals surface area contributed by atoms with E-state index in [1.54, 1.807) is 41.9 Å². The SMILES string of the molecule is Cn1c(SCC(=O)Nc2ccc(Br)cc2Cl)nnc1-c1cccc([N+](=O)[O-])c1. The van der Waals surface area contributed by atoms with Crippen LogP contribution in [0.2, 0.25) is 5.02 Å². The van der Waals surface area contributed by atoms with Gasteiger partial charge in [0.15, 0.2) is 11.0 Å². The molecule has 0 radical (unpaired) electrons. The molecule has 1 N–H and O–H groups in total. The Kier molecular flexibility index (Phi) is 6.32. The Bertz CT molecular complexity index is 1060. The first-order valence-electron chi connectivity index (χ1n) is 7.87. The molecule has 0 saturated carbocycles. The summed E-state index contributed by atoms with van der Waals surface area (Å²) in [7, 11) is 1.74. The lowest BCUT2D eigenvalue weighted by Crippen LogP contribution is -2.14. The average Bonchev–Trinajstić information content (AvgIpc) is 3.03. The molecule has 0 spiro atoms. The molecule has 0 atom stereocenters. The summed E-state index contributed by atoms with van der Waals surface area (Å²) >= 11 is 10.6. The number of non-ortho nitro benzene ring substituents is 1. The molecular weight excluding hydrogens is 470 g/mol. The van der Waals surface area contributed by atoms with Crippen LogP contribution in [0.25, 0.3) is 11.4 Å². The second-order valence-electron chi connectivity index (χ2n) is 5.63. The minimum Gasteiger partial charge on any atom is -0.324 e. The monoisotopic (exact) mass is 481 g/mol. The average molecular weight is 483 g/mol. The van der Waals surface area contributed by atoms with E-state index in [1.807, 2.05) is 0 Å². The topological polar surface area (TPSA) is 103 Å². The molecule has 2 aromatic carbocycles. The van der Waals surface area contributed by atoms with E-state index in [-0.39, 0.29) is 17.3 Å². The molecular formula is C17H13BrClN5O3S. The van der Waals surface area contributed by atoms with E-state index >= 15 is 0 Å². The van der Waals surface area contributed by atoms with Crippen LogP contribution in [-0.2, 0) is 11.8 Å². The fourth-order valence-electron chi connectivity index (χ4n) is 2.36. The van der Waals surface area contributed by atoms with Crippen LogP contribution in [0.3, 0.4) is 0 Å². The summed E-state index contributed by atoms with van der Waals surface area (Å²) in [6, 6.07) is 11.3. The summed E-state index contributed by atoms with van der Waals surface area (Å²) in [6.45, 7) is 0. The molecule has 0 unspecified atom stereocenters. The highest BCUT2D eigenvalue weighted by Gasteiger charge is 2.15. The Balaban J connectivity index is 1.68. The van der Waals surface area contributed by atoms with Crippen LogP contribution in [0, 0.1) is 10.1 Å². The van der Waals surface area contributed by atoms with E-state index in [1.165, 1.54) is 23.9 Å². The van der Waals surface area contributed by atoms with Crippen molar-refractivity contribution in [3.63, 3.8) is 0 Å². The highest BCUT2D eigenvalue weighted by atomic mass is 79.9. The Labute approximate surface area is 177 Å². The van der Waals surface area contributed by atoms with Gasteiger partial charge >= 0.3 is 0 Å². The highest BCUT2D eigenvalue weighted by molar-refractivity contribution is 9.10. The summed E-state index contributed by atoms with van der Waals surface area (Å²) in [6.07, 6.45) is 0. The normalized spacial score (nSPS) is 10.7. The molecule has 1 amide bonds. The van der Waals surface area contributed by atoms with Crippen molar-refractivity contribution in [3.05, 3.63) is 62.1 Å². The molecule has 8 nitrogen and oxygen atoms in total. The maximum Gasteiger partial charge on any atom is 0.270 e. The maximum absolute atomic E-state index is 12.2. The van der Waals surface area contributed by atoms with Crippen molar-refractivity contribution in [2.75, 3.05) is 11.1 Å². The van der Waals surface area contributed by atoms with Gasteiger partial charge in [0.2, 0.25) is 5.91 Å². The number of nitrogens with zero attached hydrogens (tertiary/aromatic N) is 4. The van der Waals surface area contributed by atoms with E-state index < -0.39 is 4.92 Å². The molecule has 1 heterocycles. The first-order chi connectivity index (χ1) is 13.3. The molecule has 0 saturated heterocycles. The summed E-state index contributed by atoms with van der Waals surface area (Å²) in [5.74, 6) is 0.338. The molecule has 0 fully saturated rings. The van der Waals surface area contributed by atoms with E-state index in [0.29, 0.717) is 27.3 Å². The number of hydrogen-bond acceptors (Lipinski definition) is 6. The number of nitrogens with one attached hydrogen (secondary N) is 1. The Morgan fingerprint density at radius 1 is 1.32 bits per heavy atom. The van der Waals surface area contributed by atoms with Gasteiger partial charge < -0.3 is 9.88 Å². The van der Waals surface area contributed by atoms with Gasteiger partial charge in [-0.1, -0.05) is 51.4 Å². The number of carbonyl (C=O) groups is 1. The third kappa shape index (κ3) is 4.70. The van der Waals surface area contributed by atoms with Crippen molar-refractivity contribution in [2.24, 2.45) is 7.05 Å². The summed E-state index contributed by atoms with van der Waals surface area (Å²) in [4.78, 5) is 22.7. The largest absolute Gasteiger partial charge is 0.324 e. The predicted molar refractivity (Wildman–Crippen MR) is 112 cm³/mol. The number of anilines is 1. The number of benzene rings is 2. The third-order valence-corrected chi connectivity index (χ3v) is 5.51. The van der Waals surface area contributed by atoms with Crippen molar-refractivity contribution in [1.82, 2.24) is 14.8 Å². The molecule has 11 heteroatoms. The second kappa shape index (κ2) is 8.72. The molecule has 3 aromatic rings. The lowest BCUT2D eigenvalue weighted by molar-refractivity contribution is -0.384. The number of nitro groups is 1. The van der Waals surface area contributed by atoms with Crippen LogP contribution in [0.15, 0.2) is 52.1 Å². The predicted octanol–water partition coefficient (Wildman–Crippen LogP) is 4.54. The molecule has 144 valence electrons. The summed E-state index contributed by atoms with van der Waals surface area (Å²) < 4.78 is 2.50. The number of thioether (sulfide) groups is 1. The van der Waals surface area contributed by atoms with Gasteiger partial charge in [-0.05, 0) is 18.2 Å². The fourth-order valence-corrected chi connectivity index (χ4v) is 3.79. The molecule has 0 aliphatic carbocycles. The van der Waals surface area contributed by atoms with Crippen LogP contribution >= 0.6 is 39.3 Å². The lowest BCUT2D eigenvalue weighted by atomic mass is 10.2. The smallest absolute Gasteiger partial charge is 0.270 e. The van der Waals surface area contributed by atoms with Crippen LogP contribution in [0.1, 0.15) is 0 Å². The molecule has 0 bridgehead atoms. The number of amides is 1. The first kappa shape index (κ1) is 20.3. The van der Waals surface area contributed by atoms with Gasteiger partial charge in [-0.15, -0.1) is 10.2 Å². The molecule has 0 aliphatic rings. The second-order valence-corrected chi connectivity index (χ2v) is 7.90.